The summed E-state index contributed by atoms with van der Waals surface area (Å²) in [6.45, 7) is 13.2. The van der Waals surface area contributed by atoms with Gasteiger partial charge in [0.25, 0.3) is 0 Å². The molecular formula is C20H42IN5O3S. The van der Waals surface area contributed by atoms with Crippen molar-refractivity contribution < 1.29 is 13.2 Å². The average Bonchev–Trinajstić information content (AvgIpc) is 2.71. The first-order valence-electron chi connectivity index (χ1n) is 11.1. The Morgan fingerprint density at radius 3 is 2.30 bits per heavy atom. The number of sulfonamides is 1. The zero-order valence-electron chi connectivity index (χ0n) is 19.2. The number of aliphatic imine (C=N–C) groups is 1. The second-order valence-electron chi connectivity index (χ2n) is 8.26. The SMILES string of the molecule is CCN1CCC(CCNC(=NC)N2CCN(S(=O)(=O)CCOC(C)C)CC2)CC1.I. The number of likely N-dealkylation sites (tertiary alicyclic amines) is 1. The van der Waals surface area contributed by atoms with E-state index < -0.39 is 10.0 Å². The molecule has 178 valence electrons. The van der Waals surface area contributed by atoms with Crippen LogP contribution in [0.25, 0.3) is 0 Å². The van der Waals surface area contributed by atoms with Crippen LogP contribution in [0.1, 0.15) is 40.0 Å². The highest BCUT2D eigenvalue weighted by Crippen LogP contribution is 2.19. The third-order valence-corrected chi connectivity index (χ3v) is 7.76. The first-order valence-corrected chi connectivity index (χ1v) is 12.7. The molecule has 0 radical (unpaired) electrons. The number of ether oxygens (including phenoxy) is 1. The van der Waals surface area contributed by atoms with Crippen molar-refractivity contribution in [3.05, 3.63) is 0 Å². The highest BCUT2D eigenvalue weighted by atomic mass is 127. The summed E-state index contributed by atoms with van der Waals surface area (Å²) in [6.07, 6.45) is 3.78. The summed E-state index contributed by atoms with van der Waals surface area (Å²) < 4.78 is 32.0. The van der Waals surface area contributed by atoms with E-state index in [9.17, 15) is 8.42 Å². The molecule has 0 atom stereocenters. The van der Waals surface area contributed by atoms with Crippen molar-refractivity contribution in [2.45, 2.75) is 46.1 Å². The second-order valence-corrected chi connectivity index (χ2v) is 10.4. The molecule has 2 aliphatic rings. The van der Waals surface area contributed by atoms with Crippen molar-refractivity contribution in [1.29, 1.82) is 0 Å². The van der Waals surface area contributed by atoms with Gasteiger partial charge in [0.2, 0.25) is 10.0 Å². The Bertz CT molecular complexity index is 602. The molecule has 2 saturated heterocycles. The fraction of sp³-hybridized carbons (Fsp3) is 0.950. The molecule has 30 heavy (non-hydrogen) atoms. The Labute approximate surface area is 200 Å². The molecule has 0 aromatic rings. The predicted octanol–water partition coefficient (Wildman–Crippen LogP) is 1.67. The van der Waals surface area contributed by atoms with Crippen LogP contribution in [0.3, 0.4) is 0 Å². The van der Waals surface area contributed by atoms with Crippen molar-refractivity contribution in [3.8, 4) is 0 Å². The van der Waals surface area contributed by atoms with Gasteiger partial charge in [-0.25, -0.2) is 8.42 Å². The van der Waals surface area contributed by atoms with E-state index >= 15 is 0 Å². The topological polar surface area (TPSA) is 77.5 Å². The zero-order valence-corrected chi connectivity index (χ0v) is 22.3. The smallest absolute Gasteiger partial charge is 0.216 e. The summed E-state index contributed by atoms with van der Waals surface area (Å²) in [7, 11) is -1.46. The Morgan fingerprint density at radius 1 is 1.13 bits per heavy atom. The number of piperidine rings is 1. The molecule has 0 spiro atoms. The molecular weight excluding hydrogens is 517 g/mol. The first kappa shape index (κ1) is 27.9. The van der Waals surface area contributed by atoms with Crippen molar-refractivity contribution >= 4 is 40.0 Å². The van der Waals surface area contributed by atoms with Gasteiger partial charge < -0.3 is 19.9 Å². The molecule has 0 aromatic heterocycles. The average molecular weight is 560 g/mol. The molecule has 10 heteroatoms. The van der Waals surface area contributed by atoms with Crippen LogP contribution in [0, 0.1) is 5.92 Å². The van der Waals surface area contributed by atoms with Gasteiger partial charge in [-0.15, -0.1) is 24.0 Å². The minimum atomic E-state index is -3.26. The van der Waals surface area contributed by atoms with Gasteiger partial charge in [-0.2, -0.15) is 4.31 Å². The monoisotopic (exact) mass is 559 g/mol. The molecule has 2 fully saturated rings. The van der Waals surface area contributed by atoms with Crippen LogP contribution in [-0.4, -0.2) is 106 Å². The second kappa shape index (κ2) is 14.1. The number of hydrogen-bond donors (Lipinski definition) is 1. The van der Waals surface area contributed by atoms with E-state index in [1.165, 1.54) is 32.4 Å². The van der Waals surface area contributed by atoms with Crippen LogP contribution in [-0.2, 0) is 14.8 Å². The van der Waals surface area contributed by atoms with Gasteiger partial charge in [0.15, 0.2) is 5.96 Å². The molecule has 2 heterocycles. The number of piperazine rings is 1. The van der Waals surface area contributed by atoms with Crippen molar-refractivity contribution in [1.82, 2.24) is 19.4 Å². The van der Waals surface area contributed by atoms with Crippen molar-refractivity contribution in [2.75, 3.05) is 71.8 Å². The molecule has 0 amide bonds. The van der Waals surface area contributed by atoms with E-state index in [4.69, 9.17) is 4.74 Å². The number of hydrogen-bond acceptors (Lipinski definition) is 5. The molecule has 8 nitrogen and oxygen atoms in total. The largest absolute Gasteiger partial charge is 0.378 e. The fourth-order valence-corrected chi connectivity index (χ4v) is 5.29. The normalized spacial score (nSPS) is 20.4. The highest BCUT2D eigenvalue weighted by molar-refractivity contribution is 14.0. The van der Waals surface area contributed by atoms with Gasteiger partial charge in [0.05, 0.1) is 18.5 Å². The number of guanidine groups is 1. The van der Waals surface area contributed by atoms with Crippen LogP contribution in [0.15, 0.2) is 4.99 Å². The van der Waals surface area contributed by atoms with Gasteiger partial charge in [-0.3, -0.25) is 4.99 Å². The predicted molar refractivity (Wildman–Crippen MR) is 134 cm³/mol. The molecule has 0 aromatic carbocycles. The minimum Gasteiger partial charge on any atom is -0.378 e. The lowest BCUT2D eigenvalue weighted by atomic mass is 9.93. The van der Waals surface area contributed by atoms with E-state index in [1.54, 1.807) is 11.4 Å². The molecule has 0 bridgehead atoms. The number of rotatable bonds is 9. The summed E-state index contributed by atoms with van der Waals surface area (Å²) in [6, 6.07) is 0. The van der Waals surface area contributed by atoms with E-state index in [-0.39, 0.29) is 42.4 Å². The highest BCUT2D eigenvalue weighted by Gasteiger charge is 2.28. The van der Waals surface area contributed by atoms with Crippen LogP contribution in [0.4, 0.5) is 0 Å². The maximum absolute atomic E-state index is 12.5. The Balaban J connectivity index is 0.00000450. The third-order valence-electron chi connectivity index (χ3n) is 5.93. The first-order chi connectivity index (χ1) is 13.9. The summed E-state index contributed by atoms with van der Waals surface area (Å²) in [5, 5.41) is 3.49. The Kier molecular flexibility index (Phi) is 13.1. The van der Waals surface area contributed by atoms with Crippen LogP contribution in [0.2, 0.25) is 0 Å². The summed E-state index contributed by atoms with van der Waals surface area (Å²) in [5.74, 6) is 1.73. The van der Waals surface area contributed by atoms with Crippen LogP contribution >= 0.6 is 24.0 Å². The van der Waals surface area contributed by atoms with Crippen LogP contribution < -0.4 is 5.32 Å². The van der Waals surface area contributed by atoms with Gasteiger partial charge >= 0.3 is 0 Å². The van der Waals surface area contributed by atoms with E-state index in [1.807, 2.05) is 13.8 Å². The maximum Gasteiger partial charge on any atom is 0.216 e. The lowest BCUT2D eigenvalue weighted by Gasteiger charge is -2.36. The summed E-state index contributed by atoms with van der Waals surface area (Å²) in [4.78, 5) is 9.09. The van der Waals surface area contributed by atoms with Crippen molar-refractivity contribution in [3.63, 3.8) is 0 Å². The molecule has 2 rings (SSSR count). The lowest BCUT2D eigenvalue weighted by Crippen LogP contribution is -2.54. The maximum atomic E-state index is 12.5. The Hall–Kier alpha value is -0.170. The van der Waals surface area contributed by atoms with E-state index in [0.717, 1.165) is 25.0 Å². The lowest BCUT2D eigenvalue weighted by molar-refractivity contribution is 0.0904. The van der Waals surface area contributed by atoms with Gasteiger partial charge in [-0.1, -0.05) is 6.92 Å². The molecule has 0 aliphatic carbocycles. The molecule has 0 unspecified atom stereocenters. The van der Waals surface area contributed by atoms with Gasteiger partial charge in [0.1, 0.15) is 0 Å². The standard InChI is InChI=1S/C20H41N5O3S.HI/c1-5-23-10-7-19(8-11-23)6-9-22-20(21-4)24-12-14-25(15-13-24)29(26,27)17-16-28-18(2)3;/h18-19H,5-17H2,1-4H3,(H,21,22);1H. The molecule has 0 saturated carbocycles. The molecule has 1 N–H and O–H groups in total. The molecule has 2 aliphatic heterocycles. The number of halogens is 1. The summed E-state index contributed by atoms with van der Waals surface area (Å²) in [5.41, 5.74) is 0. The van der Waals surface area contributed by atoms with Crippen LogP contribution in [0.5, 0.6) is 0 Å². The number of nitrogens with one attached hydrogen (secondary N) is 1. The summed E-state index contributed by atoms with van der Waals surface area (Å²) >= 11 is 0. The minimum absolute atomic E-state index is 0. The van der Waals surface area contributed by atoms with Crippen molar-refractivity contribution in [2.24, 2.45) is 10.9 Å². The zero-order chi connectivity index (χ0) is 21.3. The van der Waals surface area contributed by atoms with E-state index in [0.29, 0.717) is 26.2 Å². The van der Waals surface area contributed by atoms with Gasteiger partial charge in [0, 0.05) is 39.8 Å². The number of nitrogens with zero attached hydrogens (tertiary/aromatic N) is 4. The van der Waals surface area contributed by atoms with Gasteiger partial charge in [-0.05, 0) is 58.7 Å². The Morgan fingerprint density at radius 2 is 1.77 bits per heavy atom. The van der Waals surface area contributed by atoms with E-state index in [2.05, 4.69) is 27.0 Å². The fourth-order valence-electron chi connectivity index (χ4n) is 4.01. The third kappa shape index (κ3) is 9.13. The quantitative estimate of drug-likeness (QED) is 0.263.